The molecule has 0 spiro atoms. The number of halogens is 1. The minimum atomic E-state index is -0.801. The van der Waals surface area contributed by atoms with Crippen molar-refractivity contribution in [2.24, 2.45) is 22.7 Å². The number of nitrogens with zero attached hydrogens (tertiary/aromatic N) is 1. The Morgan fingerprint density at radius 1 is 1.50 bits per heavy atom. The van der Waals surface area contributed by atoms with Crippen LogP contribution in [0.25, 0.3) is 0 Å². The van der Waals surface area contributed by atoms with Gasteiger partial charge in [-0.15, -0.1) is 0 Å². The second-order valence-electron chi connectivity index (χ2n) is 4.59. The van der Waals surface area contributed by atoms with Crippen LogP contribution in [-0.4, -0.2) is 24.1 Å². The Morgan fingerprint density at radius 3 is 2.60 bits per heavy atom. The van der Waals surface area contributed by atoms with Crippen LogP contribution in [0.4, 0.5) is 10.1 Å². The van der Waals surface area contributed by atoms with Gasteiger partial charge in [0.05, 0.1) is 7.11 Å². The van der Waals surface area contributed by atoms with Crippen molar-refractivity contribution in [3.63, 3.8) is 0 Å². The number of nitrogens with one attached hydrogen (secondary N) is 1. The first-order chi connectivity index (χ1) is 9.40. The normalized spacial score (nSPS) is 13.2. The SMILES string of the molecule is COc1ccc(NC(=O)C(C(N)=NO)C(C)C)cc1F. The maximum atomic E-state index is 13.5. The zero-order valence-electron chi connectivity index (χ0n) is 11.6. The largest absolute Gasteiger partial charge is 0.494 e. The van der Waals surface area contributed by atoms with Gasteiger partial charge in [-0.3, -0.25) is 4.79 Å². The van der Waals surface area contributed by atoms with Gasteiger partial charge >= 0.3 is 0 Å². The Balaban J connectivity index is 2.91. The summed E-state index contributed by atoms with van der Waals surface area (Å²) in [5, 5.41) is 14.1. The number of amides is 1. The maximum absolute atomic E-state index is 13.5. The standard InChI is InChI=1S/C13H18FN3O3/c1-7(2)11(12(15)17-19)13(18)16-8-4-5-10(20-3)9(14)6-8/h4-7,11,19H,1-3H3,(H2,15,17)(H,16,18). The molecular formula is C13H18FN3O3. The van der Waals surface area contributed by atoms with E-state index in [1.54, 1.807) is 13.8 Å². The molecule has 0 heterocycles. The number of carbonyl (C=O) groups excluding carboxylic acids is 1. The molecule has 0 aliphatic heterocycles. The molecule has 0 radical (unpaired) electrons. The lowest BCUT2D eigenvalue weighted by Crippen LogP contribution is -2.38. The van der Waals surface area contributed by atoms with E-state index in [-0.39, 0.29) is 23.2 Å². The summed E-state index contributed by atoms with van der Waals surface area (Å²) < 4.78 is 18.3. The third kappa shape index (κ3) is 3.59. The number of rotatable bonds is 5. The van der Waals surface area contributed by atoms with E-state index < -0.39 is 17.6 Å². The van der Waals surface area contributed by atoms with Crippen molar-refractivity contribution in [2.45, 2.75) is 13.8 Å². The molecule has 0 aliphatic rings. The molecule has 1 aromatic carbocycles. The van der Waals surface area contributed by atoms with Crippen molar-refractivity contribution < 1.29 is 19.1 Å². The van der Waals surface area contributed by atoms with Gasteiger partial charge in [0.25, 0.3) is 0 Å². The average Bonchev–Trinajstić information content (AvgIpc) is 2.38. The van der Waals surface area contributed by atoms with Crippen molar-refractivity contribution in [3.8, 4) is 5.75 Å². The predicted octanol–water partition coefficient (Wildman–Crippen LogP) is 1.79. The fraction of sp³-hybridized carbons (Fsp3) is 0.385. The van der Waals surface area contributed by atoms with Crippen LogP contribution in [0.1, 0.15) is 13.8 Å². The van der Waals surface area contributed by atoms with Crippen LogP contribution in [0.2, 0.25) is 0 Å². The number of amidine groups is 1. The molecule has 7 heteroatoms. The summed E-state index contributed by atoms with van der Waals surface area (Å²) >= 11 is 0. The molecule has 1 amide bonds. The van der Waals surface area contributed by atoms with Crippen LogP contribution in [0.5, 0.6) is 5.75 Å². The summed E-state index contributed by atoms with van der Waals surface area (Å²) in [7, 11) is 1.35. The average molecular weight is 283 g/mol. The van der Waals surface area contributed by atoms with Crippen molar-refractivity contribution >= 4 is 17.4 Å². The first-order valence-electron chi connectivity index (χ1n) is 6.02. The molecule has 0 bridgehead atoms. The number of oxime groups is 1. The minimum Gasteiger partial charge on any atom is -0.494 e. The van der Waals surface area contributed by atoms with E-state index in [1.165, 1.54) is 19.2 Å². The lowest BCUT2D eigenvalue weighted by atomic mass is 9.94. The molecule has 1 rings (SSSR count). The number of nitrogens with two attached hydrogens (primary N) is 1. The molecule has 1 atom stereocenters. The molecule has 0 saturated carbocycles. The van der Waals surface area contributed by atoms with E-state index in [9.17, 15) is 9.18 Å². The number of anilines is 1. The number of ether oxygens (including phenoxy) is 1. The topological polar surface area (TPSA) is 96.9 Å². The van der Waals surface area contributed by atoms with Crippen LogP contribution in [-0.2, 0) is 4.79 Å². The number of hydrogen-bond donors (Lipinski definition) is 3. The van der Waals surface area contributed by atoms with Gasteiger partial charge in [-0.2, -0.15) is 0 Å². The Bertz CT molecular complexity index is 518. The highest BCUT2D eigenvalue weighted by Gasteiger charge is 2.27. The number of hydrogen-bond acceptors (Lipinski definition) is 4. The van der Waals surface area contributed by atoms with E-state index in [0.29, 0.717) is 0 Å². The van der Waals surface area contributed by atoms with Gasteiger partial charge in [0, 0.05) is 11.8 Å². The van der Waals surface area contributed by atoms with E-state index in [0.717, 1.165) is 6.07 Å². The number of benzene rings is 1. The number of methoxy groups -OCH3 is 1. The molecule has 0 aliphatic carbocycles. The molecule has 6 nitrogen and oxygen atoms in total. The van der Waals surface area contributed by atoms with Crippen molar-refractivity contribution in [1.82, 2.24) is 0 Å². The van der Waals surface area contributed by atoms with Crippen molar-refractivity contribution in [3.05, 3.63) is 24.0 Å². The van der Waals surface area contributed by atoms with E-state index in [4.69, 9.17) is 15.7 Å². The predicted molar refractivity (Wildman–Crippen MR) is 73.3 cm³/mol. The van der Waals surface area contributed by atoms with Crippen LogP contribution < -0.4 is 15.8 Å². The van der Waals surface area contributed by atoms with Crippen LogP contribution in [0, 0.1) is 17.7 Å². The van der Waals surface area contributed by atoms with Gasteiger partial charge in [-0.05, 0) is 18.1 Å². The first kappa shape index (κ1) is 15.7. The van der Waals surface area contributed by atoms with E-state index in [1.807, 2.05) is 0 Å². The lowest BCUT2D eigenvalue weighted by Gasteiger charge is -2.18. The van der Waals surface area contributed by atoms with E-state index >= 15 is 0 Å². The van der Waals surface area contributed by atoms with Crippen LogP contribution in [0.15, 0.2) is 23.4 Å². The molecule has 1 aromatic rings. The van der Waals surface area contributed by atoms with Gasteiger partial charge < -0.3 is 21.0 Å². The smallest absolute Gasteiger partial charge is 0.235 e. The van der Waals surface area contributed by atoms with Gasteiger partial charge in [0.15, 0.2) is 17.4 Å². The fourth-order valence-corrected chi connectivity index (χ4v) is 1.80. The Hall–Kier alpha value is -2.31. The van der Waals surface area contributed by atoms with Gasteiger partial charge in [-0.25, -0.2) is 4.39 Å². The zero-order valence-corrected chi connectivity index (χ0v) is 11.6. The Kier molecular flexibility index (Phi) is 5.31. The third-order valence-electron chi connectivity index (χ3n) is 2.80. The van der Waals surface area contributed by atoms with Crippen molar-refractivity contribution in [2.75, 3.05) is 12.4 Å². The van der Waals surface area contributed by atoms with Gasteiger partial charge in [-0.1, -0.05) is 19.0 Å². The molecule has 0 aromatic heterocycles. The molecule has 110 valence electrons. The van der Waals surface area contributed by atoms with E-state index in [2.05, 4.69) is 10.5 Å². The molecule has 20 heavy (non-hydrogen) atoms. The highest BCUT2D eigenvalue weighted by Crippen LogP contribution is 2.22. The summed E-state index contributed by atoms with van der Waals surface area (Å²) in [5.74, 6) is -2.14. The van der Waals surface area contributed by atoms with Gasteiger partial charge in [0.1, 0.15) is 5.92 Å². The van der Waals surface area contributed by atoms with Crippen LogP contribution in [0.3, 0.4) is 0 Å². The second kappa shape index (κ2) is 6.74. The third-order valence-corrected chi connectivity index (χ3v) is 2.80. The molecule has 0 fully saturated rings. The first-order valence-corrected chi connectivity index (χ1v) is 6.02. The fourth-order valence-electron chi connectivity index (χ4n) is 1.80. The summed E-state index contributed by atoms with van der Waals surface area (Å²) in [4.78, 5) is 12.1. The molecular weight excluding hydrogens is 265 g/mol. The maximum Gasteiger partial charge on any atom is 0.235 e. The quantitative estimate of drug-likeness (QED) is 0.332. The zero-order chi connectivity index (χ0) is 15.3. The van der Waals surface area contributed by atoms with Crippen molar-refractivity contribution in [1.29, 1.82) is 0 Å². The molecule has 4 N–H and O–H groups in total. The monoisotopic (exact) mass is 283 g/mol. The van der Waals surface area contributed by atoms with Gasteiger partial charge in [0.2, 0.25) is 5.91 Å². The number of carbonyl (C=O) groups is 1. The molecule has 1 unspecified atom stereocenters. The van der Waals surface area contributed by atoms with Crippen LogP contribution >= 0.6 is 0 Å². The lowest BCUT2D eigenvalue weighted by molar-refractivity contribution is -0.119. The summed E-state index contributed by atoms with van der Waals surface area (Å²) in [6.07, 6.45) is 0. The second-order valence-corrected chi connectivity index (χ2v) is 4.59. The highest BCUT2D eigenvalue weighted by atomic mass is 19.1. The summed E-state index contributed by atoms with van der Waals surface area (Å²) in [5.41, 5.74) is 5.76. The Morgan fingerprint density at radius 2 is 2.15 bits per heavy atom. The highest BCUT2D eigenvalue weighted by molar-refractivity contribution is 6.07. The minimum absolute atomic E-state index is 0.0832. The summed E-state index contributed by atoms with van der Waals surface area (Å²) in [6.45, 7) is 3.52. The summed E-state index contributed by atoms with van der Waals surface area (Å²) in [6, 6.07) is 4.04. The molecule has 0 saturated heterocycles. The Labute approximate surface area is 116 Å².